The van der Waals surface area contributed by atoms with Crippen molar-refractivity contribution in [3.05, 3.63) is 83.8 Å². The molecule has 182 valence electrons. The van der Waals surface area contributed by atoms with Crippen molar-refractivity contribution in [3.63, 3.8) is 0 Å². The first-order chi connectivity index (χ1) is 17.1. The Bertz CT molecular complexity index is 1200. The third kappa shape index (κ3) is 5.67. The number of fused-ring (bicyclic) bond motifs is 1. The zero-order valence-corrected chi connectivity index (χ0v) is 19.8. The second-order valence-electron chi connectivity index (χ2n) is 8.62. The largest absolute Gasteiger partial charge is 0.391 e. The first-order valence-electron chi connectivity index (χ1n) is 11.5. The van der Waals surface area contributed by atoms with Crippen molar-refractivity contribution in [2.45, 2.75) is 17.2 Å². The summed E-state index contributed by atoms with van der Waals surface area (Å²) in [5.41, 5.74) is 2.63. The van der Waals surface area contributed by atoms with Gasteiger partial charge in [0.1, 0.15) is 23.0 Å². The van der Waals surface area contributed by atoms with Gasteiger partial charge in [-0.1, -0.05) is 24.3 Å². The van der Waals surface area contributed by atoms with Crippen LogP contribution in [-0.2, 0) is 0 Å². The molecule has 0 saturated carbocycles. The van der Waals surface area contributed by atoms with Gasteiger partial charge in [0.25, 0.3) is 0 Å². The Morgan fingerprint density at radius 2 is 1.54 bits per heavy atom. The molecule has 35 heavy (non-hydrogen) atoms. The maximum absolute atomic E-state index is 13.5. The normalized spacial score (nSPS) is 16.2. The Morgan fingerprint density at radius 3 is 2.17 bits per heavy atom. The molecule has 10 heteroatoms. The molecule has 1 aliphatic heterocycles. The number of aliphatic hydroxyl groups excluding tert-OH is 1. The molecular formula is C25H26F2N6OS. The van der Waals surface area contributed by atoms with Crippen molar-refractivity contribution in [3.8, 4) is 0 Å². The lowest BCUT2D eigenvalue weighted by molar-refractivity contribution is 0.0708. The summed E-state index contributed by atoms with van der Waals surface area (Å²) >= 11 is 1.49. The number of aromatic amines is 1. The number of thioether (sulfide) groups is 1. The van der Waals surface area contributed by atoms with Gasteiger partial charge in [-0.15, -0.1) is 11.8 Å². The van der Waals surface area contributed by atoms with Crippen molar-refractivity contribution >= 4 is 22.8 Å². The molecule has 7 nitrogen and oxygen atoms in total. The van der Waals surface area contributed by atoms with Gasteiger partial charge in [-0.2, -0.15) is 5.10 Å². The highest BCUT2D eigenvalue weighted by molar-refractivity contribution is 7.99. The molecule has 4 aromatic rings. The minimum absolute atomic E-state index is 0.0889. The van der Waals surface area contributed by atoms with E-state index in [1.54, 1.807) is 30.5 Å². The quantitative estimate of drug-likeness (QED) is 0.286. The van der Waals surface area contributed by atoms with E-state index in [4.69, 9.17) is 0 Å². The van der Waals surface area contributed by atoms with Gasteiger partial charge in [-0.25, -0.2) is 18.7 Å². The molecule has 2 N–H and O–H groups in total. The van der Waals surface area contributed by atoms with Gasteiger partial charge < -0.3 is 5.11 Å². The number of aliphatic hydroxyl groups is 1. The minimum Gasteiger partial charge on any atom is -0.391 e. The molecule has 0 spiro atoms. The highest BCUT2D eigenvalue weighted by atomic mass is 32.2. The van der Waals surface area contributed by atoms with Gasteiger partial charge in [-0.05, 0) is 35.4 Å². The predicted molar refractivity (Wildman–Crippen MR) is 131 cm³/mol. The van der Waals surface area contributed by atoms with Gasteiger partial charge in [0.05, 0.1) is 23.7 Å². The van der Waals surface area contributed by atoms with Crippen molar-refractivity contribution < 1.29 is 13.9 Å². The van der Waals surface area contributed by atoms with E-state index in [0.29, 0.717) is 17.9 Å². The van der Waals surface area contributed by atoms with Crippen LogP contribution in [0, 0.1) is 11.6 Å². The van der Waals surface area contributed by atoms with Crippen molar-refractivity contribution in [1.29, 1.82) is 0 Å². The average molecular weight is 497 g/mol. The molecule has 0 radical (unpaired) electrons. The number of aromatic nitrogens is 4. The summed E-state index contributed by atoms with van der Waals surface area (Å²) in [5, 5.41) is 19.1. The molecule has 2 aromatic carbocycles. The lowest BCUT2D eigenvalue weighted by atomic mass is 9.96. The smallest absolute Gasteiger partial charge is 0.159 e. The van der Waals surface area contributed by atoms with Gasteiger partial charge in [-0.3, -0.25) is 14.9 Å². The number of H-pyrrole nitrogens is 1. The topological polar surface area (TPSA) is 81.2 Å². The van der Waals surface area contributed by atoms with E-state index < -0.39 is 6.10 Å². The molecule has 1 fully saturated rings. The number of nitrogens with zero attached hydrogens (tertiary/aromatic N) is 5. The standard InChI is InChI=1S/C25H26F2N6OS/c26-19-5-1-17(2-6-19)23(18-3-7-20(27)8-4-18)33-11-9-32(10-12-33)14-21(34)15-35-25-22-13-30-31-24(22)28-16-29-25/h1-8,13,16,21,23,34H,9-12,14-15H2,(H,28,29,30,31)/t21-/m0/s1. The minimum atomic E-state index is -0.506. The van der Waals surface area contributed by atoms with E-state index in [-0.39, 0.29) is 17.7 Å². The predicted octanol–water partition coefficient (Wildman–Crippen LogP) is 3.49. The van der Waals surface area contributed by atoms with Gasteiger partial charge in [0.2, 0.25) is 0 Å². The second-order valence-corrected chi connectivity index (χ2v) is 9.63. The van der Waals surface area contributed by atoms with Crippen molar-refractivity contribution in [2.24, 2.45) is 0 Å². The summed E-state index contributed by atoms with van der Waals surface area (Å²) in [7, 11) is 0. The number of rotatable bonds is 8. The zero-order chi connectivity index (χ0) is 24.2. The van der Waals surface area contributed by atoms with E-state index in [9.17, 15) is 13.9 Å². The summed E-state index contributed by atoms with van der Waals surface area (Å²) in [6.45, 7) is 3.71. The van der Waals surface area contributed by atoms with E-state index in [1.807, 2.05) is 0 Å². The van der Waals surface area contributed by atoms with Crippen LogP contribution < -0.4 is 0 Å². The summed E-state index contributed by atoms with van der Waals surface area (Å²) in [6.07, 6.45) is 2.68. The molecule has 0 amide bonds. The van der Waals surface area contributed by atoms with Crippen molar-refractivity contribution in [1.82, 2.24) is 30.0 Å². The van der Waals surface area contributed by atoms with Crippen LogP contribution in [-0.4, -0.2) is 79.7 Å². The molecule has 0 unspecified atom stereocenters. The number of benzene rings is 2. The Hall–Kier alpha value is -2.92. The van der Waals surface area contributed by atoms with Gasteiger partial charge in [0, 0.05) is 38.5 Å². The molecule has 2 aromatic heterocycles. The SMILES string of the molecule is O[C@H](CSc1ncnc2[nH]ncc12)CN1CCN(C(c2ccc(F)cc2)c2ccc(F)cc2)CC1. The van der Waals surface area contributed by atoms with Crippen LogP contribution in [0.1, 0.15) is 17.2 Å². The molecule has 0 bridgehead atoms. The van der Waals surface area contributed by atoms with E-state index in [0.717, 1.165) is 47.7 Å². The fourth-order valence-corrected chi connectivity index (χ4v) is 5.37. The third-order valence-electron chi connectivity index (χ3n) is 6.24. The Morgan fingerprint density at radius 1 is 0.914 bits per heavy atom. The summed E-state index contributed by atoms with van der Waals surface area (Å²) in [4.78, 5) is 13.0. The first kappa shape index (κ1) is 23.8. The van der Waals surface area contributed by atoms with Gasteiger partial charge in [0.15, 0.2) is 5.65 Å². The van der Waals surface area contributed by atoms with E-state index in [1.165, 1.54) is 42.4 Å². The maximum atomic E-state index is 13.5. The maximum Gasteiger partial charge on any atom is 0.159 e. The van der Waals surface area contributed by atoms with Crippen LogP contribution in [0.5, 0.6) is 0 Å². The first-order valence-corrected chi connectivity index (χ1v) is 12.5. The van der Waals surface area contributed by atoms with Crippen molar-refractivity contribution in [2.75, 3.05) is 38.5 Å². The molecule has 1 saturated heterocycles. The molecule has 0 aliphatic carbocycles. The Balaban J connectivity index is 1.19. The van der Waals surface area contributed by atoms with Crippen LogP contribution in [0.2, 0.25) is 0 Å². The number of β-amino-alcohol motifs (C(OH)–C–C–N with tert-alkyl or cyclic N) is 1. The van der Waals surface area contributed by atoms with Gasteiger partial charge >= 0.3 is 0 Å². The highest BCUT2D eigenvalue weighted by Crippen LogP contribution is 2.30. The summed E-state index contributed by atoms with van der Waals surface area (Å²) in [5.74, 6) is -0.0387. The lowest BCUT2D eigenvalue weighted by Crippen LogP contribution is -2.50. The summed E-state index contributed by atoms with van der Waals surface area (Å²) in [6, 6.07) is 12.9. The molecule has 1 aliphatic rings. The number of piperazine rings is 1. The lowest BCUT2D eigenvalue weighted by Gasteiger charge is -2.40. The van der Waals surface area contributed by atoms with Crippen LogP contribution in [0.15, 0.2) is 66.1 Å². The number of nitrogens with one attached hydrogen (secondary N) is 1. The second kappa shape index (κ2) is 10.8. The van der Waals surface area contributed by atoms with Crippen LogP contribution in [0.4, 0.5) is 8.78 Å². The van der Waals surface area contributed by atoms with E-state index >= 15 is 0 Å². The van der Waals surface area contributed by atoms with Crippen LogP contribution in [0.25, 0.3) is 11.0 Å². The number of hydrogen-bond donors (Lipinski definition) is 2. The van der Waals surface area contributed by atoms with E-state index in [2.05, 4.69) is 30.0 Å². The molecular weight excluding hydrogens is 470 g/mol. The third-order valence-corrected chi connectivity index (χ3v) is 7.39. The Kier molecular flexibility index (Phi) is 7.33. The van der Waals surface area contributed by atoms with Crippen LogP contribution in [0.3, 0.4) is 0 Å². The highest BCUT2D eigenvalue weighted by Gasteiger charge is 2.27. The monoisotopic (exact) mass is 496 g/mol. The average Bonchev–Trinajstić information content (AvgIpc) is 3.36. The molecule has 1 atom stereocenters. The number of halogens is 2. The zero-order valence-electron chi connectivity index (χ0n) is 19.0. The molecule has 5 rings (SSSR count). The summed E-state index contributed by atoms with van der Waals surface area (Å²) < 4.78 is 27.1. The van der Waals surface area contributed by atoms with Crippen LogP contribution >= 0.6 is 11.8 Å². The fourth-order valence-electron chi connectivity index (χ4n) is 4.49. The fraction of sp³-hybridized carbons (Fsp3) is 0.320. The Labute approximate surface area is 206 Å². The number of hydrogen-bond acceptors (Lipinski definition) is 7. The molecule has 3 heterocycles.